The first-order valence-corrected chi connectivity index (χ1v) is 8.72. The first-order chi connectivity index (χ1) is 11.0. The van der Waals surface area contributed by atoms with Gasteiger partial charge >= 0.3 is 0 Å². The molecule has 1 aromatic carbocycles. The number of rotatable bonds is 4. The Morgan fingerprint density at radius 1 is 1.17 bits per heavy atom. The number of carbonyl (C=O) groups is 1. The van der Waals surface area contributed by atoms with Crippen LogP contribution in [-0.2, 0) is 27.7 Å². The van der Waals surface area contributed by atoms with Gasteiger partial charge in [-0.3, -0.25) is 4.79 Å². The van der Waals surface area contributed by atoms with E-state index in [1.807, 2.05) is 24.3 Å². The van der Waals surface area contributed by atoms with Gasteiger partial charge in [-0.05, 0) is 23.3 Å². The second-order valence-corrected chi connectivity index (χ2v) is 7.25. The Bertz CT molecular complexity index is 806. The van der Waals surface area contributed by atoms with E-state index in [0.717, 1.165) is 11.1 Å². The Balaban J connectivity index is 1.72. The molecular weight excluding hydrogens is 316 g/mol. The molecule has 0 saturated carbocycles. The van der Waals surface area contributed by atoms with Crippen LogP contribution >= 0.6 is 0 Å². The fourth-order valence-corrected chi connectivity index (χ4v) is 3.65. The van der Waals surface area contributed by atoms with Crippen molar-refractivity contribution in [2.75, 3.05) is 12.9 Å². The van der Waals surface area contributed by atoms with E-state index in [9.17, 15) is 13.2 Å². The van der Waals surface area contributed by atoms with Crippen LogP contribution in [-0.4, -0.2) is 37.1 Å². The number of hydrogen-bond acceptors (Lipinski definition) is 5. The zero-order valence-corrected chi connectivity index (χ0v) is 13.4. The molecule has 0 N–H and O–H groups in total. The standard InChI is InChI=1S/C16H16N2O4S/c1-22-14-6-7-15(17-8-14)23(20,21)11-16(19)18-9-12-4-2-3-5-13(12)10-18/h2-8H,9-11H2,1H3. The second kappa shape index (κ2) is 6.00. The molecule has 120 valence electrons. The van der Waals surface area contributed by atoms with E-state index in [4.69, 9.17) is 4.74 Å². The van der Waals surface area contributed by atoms with Crippen molar-refractivity contribution >= 4 is 15.7 Å². The molecule has 1 aliphatic rings. The Hall–Kier alpha value is -2.41. The summed E-state index contributed by atoms with van der Waals surface area (Å²) in [6.07, 6.45) is 1.32. The minimum atomic E-state index is -3.77. The number of carbonyl (C=O) groups excluding carboxylic acids is 1. The maximum Gasteiger partial charge on any atom is 0.238 e. The van der Waals surface area contributed by atoms with E-state index in [0.29, 0.717) is 18.8 Å². The molecule has 1 aromatic heterocycles. The molecule has 0 aliphatic carbocycles. The summed E-state index contributed by atoms with van der Waals surface area (Å²) < 4.78 is 29.6. The summed E-state index contributed by atoms with van der Waals surface area (Å²) in [4.78, 5) is 17.7. The lowest BCUT2D eigenvalue weighted by atomic mass is 10.1. The largest absolute Gasteiger partial charge is 0.495 e. The molecule has 0 radical (unpaired) electrons. The van der Waals surface area contributed by atoms with Crippen molar-refractivity contribution in [1.29, 1.82) is 0 Å². The van der Waals surface area contributed by atoms with Gasteiger partial charge in [0.2, 0.25) is 15.7 Å². The van der Waals surface area contributed by atoms with E-state index in [-0.39, 0.29) is 5.03 Å². The van der Waals surface area contributed by atoms with Crippen molar-refractivity contribution in [1.82, 2.24) is 9.88 Å². The molecule has 0 saturated heterocycles. The maximum atomic E-state index is 12.3. The van der Waals surface area contributed by atoms with Crippen LogP contribution in [0.25, 0.3) is 0 Å². The van der Waals surface area contributed by atoms with Crippen LogP contribution < -0.4 is 4.74 Å². The summed E-state index contributed by atoms with van der Waals surface area (Å²) in [5.74, 6) is -0.538. The second-order valence-electron chi connectivity index (χ2n) is 5.31. The molecule has 6 nitrogen and oxygen atoms in total. The third kappa shape index (κ3) is 3.19. The molecule has 0 spiro atoms. The number of hydrogen-bond donors (Lipinski definition) is 0. The van der Waals surface area contributed by atoms with Gasteiger partial charge in [0.1, 0.15) is 11.5 Å². The van der Waals surface area contributed by atoms with Crippen molar-refractivity contribution in [3.05, 3.63) is 53.7 Å². The summed E-state index contributed by atoms with van der Waals surface area (Å²) in [5, 5.41) is -0.122. The highest BCUT2D eigenvalue weighted by atomic mass is 32.2. The quantitative estimate of drug-likeness (QED) is 0.846. The van der Waals surface area contributed by atoms with Crippen molar-refractivity contribution in [3.63, 3.8) is 0 Å². The molecule has 3 rings (SSSR count). The van der Waals surface area contributed by atoms with Crippen LogP contribution in [0.15, 0.2) is 47.6 Å². The monoisotopic (exact) mass is 332 g/mol. The zero-order valence-electron chi connectivity index (χ0n) is 12.6. The number of amides is 1. The van der Waals surface area contributed by atoms with Gasteiger partial charge < -0.3 is 9.64 Å². The molecule has 23 heavy (non-hydrogen) atoms. The van der Waals surface area contributed by atoms with Gasteiger partial charge in [-0.2, -0.15) is 0 Å². The van der Waals surface area contributed by atoms with Crippen LogP contribution in [0.5, 0.6) is 5.75 Å². The Morgan fingerprint density at radius 3 is 2.35 bits per heavy atom. The van der Waals surface area contributed by atoms with E-state index in [2.05, 4.69) is 4.98 Å². The van der Waals surface area contributed by atoms with Gasteiger partial charge in [-0.25, -0.2) is 13.4 Å². The minimum absolute atomic E-state index is 0.122. The topological polar surface area (TPSA) is 76.6 Å². The highest BCUT2D eigenvalue weighted by molar-refractivity contribution is 7.92. The lowest BCUT2D eigenvalue weighted by molar-refractivity contribution is -0.129. The van der Waals surface area contributed by atoms with E-state index in [1.165, 1.54) is 25.4 Å². The molecule has 0 bridgehead atoms. The van der Waals surface area contributed by atoms with Gasteiger partial charge in [0.25, 0.3) is 0 Å². The maximum absolute atomic E-state index is 12.3. The number of sulfone groups is 1. The summed E-state index contributed by atoms with van der Waals surface area (Å²) in [7, 11) is -2.30. The van der Waals surface area contributed by atoms with E-state index < -0.39 is 21.5 Å². The number of pyridine rings is 1. The fourth-order valence-electron chi connectivity index (χ4n) is 2.51. The zero-order chi connectivity index (χ0) is 16.4. The number of nitrogens with zero attached hydrogens (tertiary/aromatic N) is 2. The predicted octanol–water partition coefficient (Wildman–Crippen LogP) is 1.41. The first-order valence-electron chi connectivity index (χ1n) is 7.07. The van der Waals surface area contributed by atoms with Crippen molar-refractivity contribution < 1.29 is 17.9 Å². The lowest BCUT2D eigenvalue weighted by Crippen LogP contribution is -2.31. The molecule has 1 amide bonds. The molecule has 7 heteroatoms. The summed E-state index contributed by atoms with van der Waals surface area (Å²) in [5.41, 5.74) is 2.11. The predicted molar refractivity (Wildman–Crippen MR) is 83.5 cm³/mol. The molecule has 2 heterocycles. The van der Waals surface area contributed by atoms with Crippen LogP contribution in [0.1, 0.15) is 11.1 Å². The lowest BCUT2D eigenvalue weighted by Gasteiger charge is -2.15. The summed E-state index contributed by atoms with van der Waals surface area (Å²) in [6, 6.07) is 10.6. The molecule has 2 aromatic rings. The first kappa shape index (κ1) is 15.5. The number of benzene rings is 1. The van der Waals surface area contributed by atoms with Gasteiger partial charge in [0.05, 0.1) is 13.3 Å². The molecule has 0 fully saturated rings. The molecule has 1 aliphatic heterocycles. The summed E-state index contributed by atoms with van der Waals surface area (Å²) in [6.45, 7) is 0.890. The number of fused-ring (bicyclic) bond motifs is 1. The smallest absolute Gasteiger partial charge is 0.238 e. The van der Waals surface area contributed by atoms with Gasteiger partial charge in [-0.15, -0.1) is 0 Å². The van der Waals surface area contributed by atoms with Crippen LogP contribution in [0.4, 0.5) is 0 Å². The average Bonchev–Trinajstić information content (AvgIpc) is 2.99. The SMILES string of the molecule is COc1ccc(S(=O)(=O)CC(=O)N2Cc3ccccc3C2)nc1. The number of aromatic nitrogens is 1. The van der Waals surface area contributed by atoms with Crippen LogP contribution in [0.3, 0.4) is 0 Å². The van der Waals surface area contributed by atoms with Gasteiger partial charge in [0, 0.05) is 13.1 Å². The fraction of sp³-hybridized carbons (Fsp3) is 0.250. The third-order valence-electron chi connectivity index (χ3n) is 3.77. The van der Waals surface area contributed by atoms with E-state index >= 15 is 0 Å². The third-order valence-corrected chi connectivity index (χ3v) is 5.28. The summed E-state index contributed by atoms with van der Waals surface area (Å²) >= 11 is 0. The average molecular weight is 332 g/mol. The highest BCUT2D eigenvalue weighted by Crippen LogP contribution is 2.23. The number of ether oxygens (including phenoxy) is 1. The van der Waals surface area contributed by atoms with Gasteiger partial charge in [-0.1, -0.05) is 24.3 Å². The highest BCUT2D eigenvalue weighted by Gasteiger charge is 2.28. The van der Waals surface area contributed by atoms with Crippen molar-refractivity contribution in [2.24, 2.45) is 0 Å². The molecule has 0 unspecified atom stereocenters. The Kier molecular flexibility index (Phi) is 4.04. The van der Waals surface area contributed by atoms with Crippen LogP contribution in [0.2, 0.25) is 0 Å². The van der Waals surface area contributed by atoms with Crippen molar-refractivity contribution in [3.8, 4) is 5.75 Å². The minimum Gasteiger partial charge on any atom is -0.495 e. The normalized spacial score (nSPS) is 13.7. The van der Waals surface area contributed by atoms with Crippen LogP contribution in [0, 0.1) is 0 Å². The number of methoxy groups -OCH3 is 1. The molecular formula is C16H16N2O4S. The molecule has 0 atom stereocenters. The van der Waals surface area contributed by atoms with Crippen molar-refractivity contribution in [2.45, 2.75) is 18.1 Å². The Morgan fingerprint density at radius 2 is 1.83 bits per heavy atom. The van der Waals surface area contributed by atoms with E-state index in [1.54, 1.807) is 4.90 Å². The Labute approximate surface area is 134 Å². The van der Waals surface area contributed by atoms with Gasteiger partial charge in [0.15, 0.2) is 5.03 Å².